The lowest BCUT2D eigenvalue weighted by atomic mass is 10.1. The summed E-state index contributed by atoms with van der Waals surface area (Å²) in [6, 6.07) is 18.3. The molecule has 3 aromatic rings. The summed E-state index contributed by atoms with van der Waals surface area (Å²) in [6.07, 6.45) is 0. The number of benzene rings is 2. The number of para-hydroxylation sites is 1. The Hall–Kier alpha value is -2.53. The summed E-state index contributed by atoms with van der Waals surface area (Å²) in [4.78, 5) is 14.1. The van der Waals surface area contributed by atoms with Crippen LogP contribution in [-0.2, 0) is 0 Å². The lowest BCUT2D eigenvalue weighted by molar-refractivity contribution is 0.0967. The van der Waals surface area contributed by atoms with Crippen molar-refractivity contribution in [1.29, 1.82) is 0 Å². The van der Waals surface area contributed by atoms with Crippen molar-refractivity contribution in [1.82, 2.24) is 0 Å². The number of hydrogen-bond donors (Lipinski definition) is 1. The highest BCUT2D eigenvalue weighted by molar-refractivity contribution is 9.10. The van der Waals surface area contributed by atoms with Gasteiger partial charge in [-0.05, 0) is 58.4 Å². The molecule has 3 rings (SSSR count). The first-order valence-corrected chi connectivity index (χ1v) is 7.84. The number of hydrogen-bond acceptors (Lipinski definition) is 3. The maximum absolute atomic E-state index is 12.5. The van der Waals surface area contributed by atoms with Crippen LogP contribution in [0.1, 0.15) is 10.6 Å². The quantitative estimate of drug-likeness (QED) is 0.687. The summed E-state index contributed by atoms with van der Waals surface area (Å²) in [5.41, 5.74) is 8.06. The van der Waals surface area contributed by atoms with Gasteiger partial charge in [-0.1, -0.05) is 18.2 Å². The van der Waals surface area contributed by atoms with E-state index in [1.165, 1.54) is 0 Å². The number of carbonyl (C=O) groups excluding carboxylic acids is 1. The van der Waals surface area contributed by atoms with Crippen molar-refractivity contribution in [3.63, 3.8) is 0 Å². The Bertz CT molecular complexity index is 843. The summed E-state index contributed by atoms with van der Waals surface area (Å²) in [6.45, 7) is 0. The molecular formula is C18H15BrN2O2. The maximum Gasteiger partial charge on any atom is 0.293 e. The second-order valence-electron chi connectivity index (χ2n) is 5.10. The molecule has 0 aliphatic rings. The van der Waals surface area contributed by atoms with Crippen LogP contribution in [0.5, 0.6) is 0 Å². The number of halogens is 1. The van der Waals surface area contributed by atoms with Gasteiger partial charge >= 0.3 is 0 Å². The Morgan fingerprint density at radius 3 is 2.52 bits per heavy atom. The second-order valence-corrected chi connectivity index (χ2v) is 5.96. The van der Waals surface area contributed by atoms with Crippen LogP contribution in [0.2, 0.25) is 0 Å². The lowest BCUT2D eigenvalue weighted by Crippen LogP contribution is -2.25. The molecular weight excluding hydrogens is 356 g/mol. The Morgan fingerprint density at radius 1 is 1.09 bits per heavy atom. The van der Waals surface area contributed by atoms with E-state index in [1.54, 1.807) is 36.2 Å². The van der Waals surface area contributed by atoms with Gasteiger partial charge < -0.3 is 15.1 Å². The van der Waals surface area contributed by atoms with E-state index in [4.69, 9.17) is 10.2 Å². The van der Waals surface area contributed by atoms with E-state index in [-0.39, 0.29) is 11.7 Å². The summed E-state index contributed by atoms with van der Waals surface area (Å²) in [5, 5.41) is 0. The first-order chi connectivity index (χ1) is 11.1. The van der Waals surface area contributed by atoms with Crippen LogP contribution in [0.15, 0.2) is 69.6 Å². The third-order valence-corrected chi connectivity index (χ3v) is 4.18. The average Bonchev–Trinajstić information content (AvgIpc) is 3.04. The van der Waals surface area contributed by atoms with Crippen LogP contribution < -0.4 is 10.6 Å². The molecule has 0 aliphatic carbocycles. The van der Waals surface area contributed by atoms with E-state index in [2.05, 4.69) is 15.9 Å². The summed E-state index contributed by atoms with van der Waals surface area (Å²) >= 11 is 3.46. The number of rotatable bonds is 3. The molecule has 0 aliphatic heterocycles. The molecule has 116 valence electrons. The molecule has 0 saturated heterocycles. The van der Waals surface area contributed by atoms with Gasteiger partial charge in [0.2, 0.25) is 0 Å². The molecule has 0 spiro atoms. The third kappa shape index (κ3) is 3.14. The monoisotopic (exact) mass is 370 g/mol. The van der Waals surface area contributed by atoms with Gasteiger partial charge in [0.1, 0.15) is 5.76 Å². The van der Waals surface area contributed by atoms with Gasteiger partial charge in [-0.2, -0.15) is 0 Å². The number of furan rings is 1. The van der Waals surface area contributed by atoms with E-state index >= 15 is 0 Å². The van der Waals surface area contributed by atoms with Crippen molar-refractivity contribution in [2.24, 2.45) is 0 Å². The van der Waals surface area contributed by atoms with Crippen molar-refractivity contribution < 1.29 is 9.21 Å². The predicted octanol–water partition coefficient (Wildman–Crippen LogP) is 4.57. The molecule has 23 heavy (non-hydrogen) atoms. The first kappa shape index (κ1) is 15.4. The molecule has 0 unspecified atom stereocenters. The molecule has 1 heterocycles. The van der Waals surface area contributed by atoms with E-state index in [0.717, 1.165) is 15.7 Å². The molecule has 0 fully saturated rings. The molecule has 4 nitrogen and oxygen atoms in total. The Morgan fingerprint density at radius 2 is 1.83 bits per heavy atom. The normalized spacial score (nSPS) is 10.5. The van der Waals surface area contributed by atoms with Crippen LogP contribution in [0.25, 0.3) is 11.3 Å². The smallest absolute Gasteiger partial charge is 0.293 e. The third-order valence-electron chi connectivity index (χ3n) is 3.52. The summed E-state index contributed by atoms with van der Waals surface area (Å²) < 4.78 is 6.55. The van der Waals surface area contributed by atoms with E-state index < -0.39 is 0 Å². The number of amides is 1. The molecule has 2 N–H and O–H groups in total. The fraction of sp³-hybridized carbons (Fsp3) is 0.0556. The van der Waals surface area contributed by atoms with Gasteiger partial charge in [-0.3, -0.25) is 4.79 Å². The van der Waals surface area contributed by atoms with Gasteiger partial charge in [-0.25, -0.2) is 0 Å². The Labute approximate surface area is 142 Å². The molecule has 0 saturated carbocycles. The highest BCUT2D eigenvalue weighted by atomic mass is 79.9. The minimum atomic E-state index is -0.200. The van der Waals surface area contributed by atoms with Gasteiger partial charge in [0.15, 0.2) is 5.76 Å². The molecule has 1 aromatic heterocycles. The van der Waals surface area contributed by atoms with Crippen LogP contribution in [0.3, 0.4) is 0 Å². The van der Waals surface area contributed by atoms with Crippen molar-refractivity contribution >= 4 is 33.2 Å². The minimum absolute atomic E-state index is 0.200. The summed E-state index contributed by atoms with van der Waals surface area (Å²) in [5.74, 6) is 0.700. The van der Waals surface area contributed by atoms with Crippen LogP contribution in [0.4, 0.5) is 11.4 Å². The topological polar surface area (TPSA) is 59.5 Å². The fourth-order valence-electron chi connectivity index (χ4n) is 2.26. The van der Waals surface area contributed by atoms with Crippen molar-refractivity contribution in [3.05, 3.63) is 70.9 Å². The maximum atomic E-state index is 12.5. The number of nitrogens with two attached hydrogens (primary N) is 1. The highest BCUT2D eigenvalue weighted by Gasteiger charge is 2.18. The molecule has 0 atom stereocenters. The van der Waals surface area contributed by atoms with E-state index in [9.17, 15) is 4.79 Å². The molecule has 0 radical (unpaired) electrons. The first-order valence-electron chi connectivity index (χ1n) is 7.04. The molecule has 1 amide bonds. The van der Waals surface area contributed by atoms with Gasteiger partial charge in [0.25, 0.3) is 5.91 Å². The summed E-state index contributed by atoms with van der Waals surface area (Å²) in [7, 11) is 1.72. The highest BCUT2D eigenvalue weighted by Crippen LogP contribution is 2.31. The van der Waals surface area contributed by atoms with Gasteiger partial charge in [0, 0.05) is 28.5 Å². The largest absolute Gasteiger partial charge is 0.451 e. The molecule has 2 aromatic carbocycles. The van der Waals surface area contributed by atoms with Crippen molar-refractivity contribution in [2.45, 2.75) is 0 Å². The van der Waals surface area contributed by atoms with Crippen LogP contribution in [0, 0.1) is 0 Å². The van der Waals surface area contributed by atoms with Crippen LogP contribution in [-0.4, -0.2) is 13.0 Å². The number of nitrogens with zero attached hydrogens (tertiary/aromatic N) is 1. The standard InChI is InChI=1S/C18H15BrN2O2/c1-21(13-5-3-2-4-6-13)18(22)17-10-9-16(23-17)14-8-7-12(20)11-15(14)19/h2-11H,20H2,1H3. The zero-order valence-electron chi connectivity index (χ0n) is 12.5. The molecule has 0 bridgehead atoms. The van der Waals surface area contributed by atoms with Crippen molar-refractivity contribution in [2.75, 3.05) is 17.7 Å². The average molecular weight is 371 g/mol. The number of carbonyl (C=O) groups is 1. The predicted molar refractivity (Wildman–Crippen MR) is 95.4 cm³/mol. The van der Waals surface area contributed by atoms with Gasteiger partial charge in [0.05, 0.1) is 0 Å². The lowest BCUT2D eigenvalue weighted by Gasteiger charge is -2.15. The van der Waals surface area contributed by atoms with Crippen LogP contribution >= 0.6 is 15.9 Å². The Kier molecular flexibility index (Phi) is 4.21. The number of nitrogen functional groups attached to an aromatic ring is 1. The fourth-order valence-corrected chi connectivity index (χ4v) is 2.85. The second kappa shape index (κ2) is 6.30. The van der Waals surface area contributed by atoms with Gasteiger partial charge in [-0.15, -0.1) is 0 Å². The number of anilines is 2. The van der Waals surface area contributed by atoms with E-state index in [1.807, 2.05) is 36.4 Å². The Balaban J connectivity index is 1.88. The zero-order chi connectivity index (χ0) is 16.4. The zero-order valence-corrected chi connectivity index (χ0v) is 14.1. The minimum Gasteiger partial charge on any atom is -0.451 e. The van der Waals surface area contributed by atoms with E-state index in [0.29, 0.717) is 11.4 Å². The molecule has 5 heteroatoms. The van der Waals surface area contributed by atoms with Crippen molar-refractivity contribution in [3.8, 4) is 11.3 Å². The SMILES string of the molecule is CN(C(=O)c1ccc(-c2ccc(N)cc2Br)o1)c1ccccc1.